The van der Waals surface area contributed by atoms with E-state index in [0.29, 0.717) is 34.2 Å². The summed E-state index contributed by atoms with van der Waals surface area (Å²) in [5.41, 5.74) is 0.833. The molecule has 0 aliphatic rings. The molecule has 3 aromatic rings. The van der Waals surface area contributed by atoms with Crippen molar-refractivity contribution in [2.45, 2.75) is 0 Å². The van der Waals surface area contributed by atoms with Crippen LogP contribution in [0.2, 0.25) is 0 Å². The highest BCUT2D eigenvalue weighted by Crippen LogP contribution is 2.30. The van der Waals surface area contributed by atoms with Crippen LogP contribution in [0.3, 0.4) is 0 Å². The summed E-state index contributed by atoms with van der Waals surface area (Å²) < 4.78 is 29.7. The lowest BCUT2D eigenvalue weighted by molar-refractivity contribution is -0.118. The molecule has 0 heterocycles. The molecule has 0 bridgehead atoms. The van der Waals surface area contributed by atoms with Gasteiger partial charge in [0.1, 0.15) is 11.6 Å². The molecule has 0 radical (unpaired) electrons. The number of ether oxygens (including phenoxy) is 3. The molecule has 0 atom stereocenters. The molecular formula is C22H17FN2O4. The van der Waals surface area contributed by atoms with Gasteiger partial charge < -0.3 is 19.5 Å². The van der Waals surface area contributed by atoms with E-state index in [4.69, 9.17) is 19.5 Å². The third-order valence-corrected chi connectivity index (χ3v) is 3.84. The Morgan fingerprint density at radius 1 is 1.03 bits per heavy atom. The number of anilines is 1. The molecule has 0 spiro atoms. The van der Waals surface area contributed by atoms with Crippen LogP contribution in [0.25, 0.3) is 0 Å². The van der Waals surface area contributed by atoms with Crippen LogP contribution in [0.1, 0.15) is 5.56 Å². The van der Waals surface area contributed by atoms with Gasteiger partial charge in [0.2, 0.25) is 0 Å². The zero-order valence-corrected chi connectivity index (χ0v) is 15.5. The van der Waals surface area contributed by atoms with Crippen LogP contribution in [-0.4, -0.2) is 19.6 Å². The number of amides is 1. The van der Waals surface area contributed by atoms with Crippen molar-refractivity contribution in [2.24, 2.45) is 0 Å². The number of rotatable bonds is 7. The molecule has 0 fully saturated rings. The van der Waals surface area contributed by atoms with Crippen LogP contribution in [0.15, 0.2) is 66.7 Å². The molecule has 3 rings (SSSR count). The molecule has 0 saturated heterocycles. The molecule has 7 heteroatoms. The Morgan fingerprint density at radius 2 is 1.86 bits per heavy atom. The van der Waals surface area contributed by atoms with E-state index >= 15 is 0 Å². The van der Waals surface area contributed by atoms with Crippen LogP contribution in [-0.2, 0) is 4.79 Å². The Labute approximate surface area is 167 Å². The molecule has 1 amide bonds. The first-order valence-electron chi connectivity index (χ1n) is 8.62. The number of nitrogens with zero attached hydrogens (tertiary/aromatic N) is 1. The van der Waals surface area contributed by atoms with E-state index in [0.717, 1.165) is 0 Å². The van der Waals surface area contributed by atoms with Crippen LogP contribution >= 0.6 is 0 Å². The van der Waals surface area contributed by atoms with Crippen molar-refractivity contribution < 1.29 is 23.4 Å². The molecule has 6 nitrogen and oxygen atoms in total. The maximum absolute atomic E-state index is 13.4. The van der Waals surface area contributed by atoms with Crippen LogP contribution in [0.5, 0.6) is 23.0 Å². The predicted octanol–water partition coefficient (Wildman–Crippen LogP) is 4.52. The van der Waals surface area contributed by atoms with E-state index in [1.807, 2.05) is 6.07 Å². The summed E-state index contributed by atoms with van der Waals surface area (Å²) in [7, 11) is 1.45. The van der Waals surface area contributed by atoms with Crippen molar-refractivity contribution in [3.8, 4) is 29.1 Å². The zero-order valence-electron chi connectivity index (χ0n) is 15.5. The first kappa shape index (κ1) is 19.7. The fourth-order valence-corrected chi connectivity index (χ4v) is 2.50. The highest BCUT2D eigenvalue weighted by Gasteiger charge is 2.12. The molecule has 0 aliphatic carbocycles. The number of nitrogens with one attached hydrogen (secondary N) is 1. The summed E-state index contributed by atoms with van der Waals surface area (Å²) in [6.45, 7) is -0.281. The van der Waals surface area contributed by atoms with Gasteiger partial charge in [0.15, 0.2) is 23.9 Å². The number of carbonyl (C=O) groups is 1. The normalized spacial score (nSPS) is 9.97. The van der Waals surface area contributed by atoms with Crippen LogP contribution < -0.4 is 19.5 Å². The van der Waals surface area contributed by atoms with Crippen molar-refractivity contribution in [1.82, 2.24) is 0 Å². The van der Waals surface area contributed by atoms with Crippen LogP contribution in [0.4, 0.5) is 10.1 Å². The maximum atomic E-state index is 13.4. The van der Waals surface area contributed by atoms with Gasteiger partial charge in [-0.1, -0.05) is 18.2 Å². The fourth-order valence-electron chi connectivity index (χ4n) is 2.50. The maximum Gasteiger partial charge on any atom is 0.262 e. The Kier molecular flexibility index (Phi) is 6.28. The SMILES string of the molecule is COc1cc(C#N)ccc1OCC(=O)Nc1ccccc1Oc1cccc(F)c1. The Hall–Kier alpha value is -4.05. The molecule has 146 valence electrons. The minimum absolute atomic E-state index is 0.281. The van der Waals surface area contributed by atoms with E-state index < -0.39 is 11.7 Å². The molecule has 0 aliphatic heterocycles. The first-order chi connectivity index (χ1) is 14.1. The van der Waals surface area contributed by atoms with Gasteiger partial charge in [-0.25, -0.2) is 4.39 Å². The fraction of sp³-hybridized carbons (Fsp3) is 0.0909. The van der Waals surface area contributed by atoms with Gasteiger partial charge in [-0.15, -0.1) is 0 Å². The zero-order chi connectivity index (χ0) is 20.6. The molecule has 29 heavy (non-hydrogen) atoms. The summed E-state index contributed by atoms with van der Waals surface area (Å²) >= 11 is 0. The van der Waals surface area contributed by atoms with Gasteiger partial charge in [-0.05, 0) is 36.4 Å². The largest absolute Gasteiger partial charge is 0.493 e. The van der Waals surface area contributed by atoms with Gasteiger partial charge in [-0.3, -0.25) is 4.79 Å². The monoisotopic (exact) mass is 392 g/mol. The van der Waals surface area contributed by atoms with Crippen LogP contribution in [0, 0.1) is 17.1 Å². The smallest absolute Gasteiger partial charge is 0.262 e. The summed E-state index contributed by atoms with van der Waals surface area (Å²) in [6.07, 6.45) is 0. The number of methoxy groups -OCH3 is 1. The minimum Gasteiger partial charge on any atom is -0.493 e. The summed E-state index contributed by atoms with van der Waals surface area (Å²) in [5.74, 6) is 0.519. The molecule has 0 unspecified atom stereocenters. The van der Waals surface area contributed by atoms with Gasteiger partial charge in [0.05, 0.1) is 24.4 Å². The Morgan fingerprint density at radius 3 is 2.62 bits per heavy atom. The van der Waals surface area contributed by atoms with Crippen molar-refractivity contribution in [3.63, 3.8) is 0 Å². The standard InChI is InChI=1S/C22H17FN2O4/c1-27-21-11-15(13-24)9-10-20(21)28-14-22(26)25-18-7-2-3-8-19(18)29-17-6-4-5-16(23)12-17/h2-12H,14H2,1H3,(H,25,26). The number of halogens is 1. The summed E-state index contributed by atoms with van der Waals surface area (Å²) in [6, 6.07) is 19.2. The van der Waals surface area contributed by atoms with Gasteiger partial charge in [-0.2, -0.15) is 5.26 Å². The molecule has 1 N–H and O–H groups in total. The molecule has 3 aromatic carbocycles. The summed E-state index contributed by atoms with van der Waals surface area (Å²) in [5, 5.41) is 11.6. The third-order valence-electron chi connectivity index (χ3n) is 3.84. The second-order valence-electron chi connectivity index (χ2n) is 5.87. The number of carbonyl (C=O) groups excluding carboxylic acids is 1. The van der Waals surface area contributed by atoms with Gasteiger partial charge in [0.25, 0.3) is 5.91 Å². The third kappa shape index (κ3) is 5.23. The van der Waals surface area contributed by atoms with Gasteiger partial charge >= 0.3 is 0 Å². The number of benzene rings is 3. The first-order valence-corrected chi connectivity index (χ1v) is 8.62. The second kappa shape index (κ2) is 9.24. The highest BCUT2D eigenvalue weighted by molar-refractivity contribution is 5.93. The quantitative estimate of drug-likeness (QED) is 0.640. The van der Waals surface area contributed by atoms with E-state index in [9.17, 15) is 9.18 Å². The highest BCUT2D eigenvalue weighted by atomic mass is 19.1. The number of hydrogen-bond acceptors (Lipinski definition) is 5. The Bertz CT molecular complexity index is 1060. The Balaban J connectivity index is 1.66. The van der Waals surface area contributed by atoms with Gasteiger partial charge in [0, 0.05) is 12.1 Å². The number of hydrogen-bond donors (Lipinski definition) is 1. The lowest BCUT2D eigenvalue weighted by Crippen LogP contribution is -2.20. The average molecular weight is 392 g/mol. The lowest BCUT2D eigenvalue weighted by atomic mass is 10.2. The van der Waals surface area contributed by atoms with Crippen molar-refractivity contribution in [3.05, 3.63) is 78.1 Å². The number of para-hydroxylation sites is 2. The number of nitriles is 1. The average Bonchev–Trinajstić information content (AvgIpc) is 2.73. The van der Waals surface area contributed by atoms with E-state index in [1.54, 1.807) is 42.5 Å². The van der Waals surface area contributed by atoms with Crippen molar-refractivity contribution in [1.29, 1.82) is 5.26 Å². The minimum atomic E-state index is -0.424. The lowest BCUT2D eigenvalue weighted by Gasteiger charge is -2.13. The van der Waals surface area contributed by atoms with E-state index in [1.165, 1.54) is 31.4 Å². The predicted molar refractivity (Wildman–Crippen MR) is 105 cm³/mol. The molecule has 0 saturated carbocycles. The van der Waals surface area contributed by atoms with E-state index in [-0.39, 0.29) is 6.61 Å². The summed E-state index contributed by atoms with van der Waals surface area (Å²) in [4.78, 5) is 12.3. The second-order valence-corrected chi connectivity index (χ2v) is 5.87. The van der Waals surface area contributed by atoms with Crippen molar-refractivity contribution >= 4 is 11.6 Å². The molecular weight excluding hydrogens is 375 g/mol. The van der Waals surface area contributed by atoms with E-state index in [2.05, 4.69) is 5.32 Å². The molecule has 0 aromatic heterocycles. The topological polar surface area (TPSA) is 80.6 Å². The van der Waals surface area contributed by atoms with Crippen molar-refractivity contribution in [2.75, 3.05) is 19.0 Å².